The van der Waals surface area contributed by atoms with Crippen molar-refractivity contribution < 1.29 is 21.6 Å². The van der Waals surface area contributed by atoms with Crippen LogP contribution in [0.2, 0.25) is 5.02 Å². The van der Waals surface area contributed by atoms with Crippen molar-refractivity contribution in [3.8, 4) is 0 Å². The number of benzene rings is 3. The van der Waals surface area contributed by atoms with Gasteiger partial charge in [-0.3, -0.25) is 0 Å². The molecule has 0 radical (unpaired) electrons. The summed E-state index contributed by atoms with van der Waals surface area (Å²) in [5.41, 5.74) is -0.285. The van der Waals surface area contributed by atoms with Gasteiger partial charge in [-0.25, -0.2) is 21.6 Å². The summed E-state index contributed by atoms with van der Waals surface area (Å²) >= 11 is 5.72. The van der Waals surface area contributed by atoms with Crippen molar-refractivity contribution in [1.29, 1.82) is 0 Å². The quantitative estimate of drug-likeness (QED) is 0.647. The van der Waals surface area contributed by atoms with E-state index in [1.807, 2.05) is 0 Å². The number of hydrogen-bond donors (Lipinski definition) is 1. The molecule has 0 spiro atoms. The van der Waals surface area contributed by atoms with Crippen molar-refractivity contribution in [3.63, 3.8) is 0 Å². The molecule has 26 heavy (non-hydrogen) atoms. The van der Waals surface area contributed by atoms with Crippen LogP contribution in [-0.4, -0.2) is 8.42 Å². The fourth-order valence-electron chi connectivity index (χ4n) is 2.31. The summed E-state index contributed by atoms with van der Waals surface area (Å²) in [6.45, 7) is 0. The second-order valence-electron chi connectivity index (χ2n) is 5.36. The summed E-state index contributed by atoms with van der Waals surface area (Å²) in [6.07, 6.45) is 0. The number of sulfone groups is 1. The van der Waals surface area contributed by atoms with Crippen LogP contribution in [0, 0.1) is 17.5 Å². The Bertz CT molecular complexity index is 1070. The third-order valence-electron chi connectivity index (χ3n) is 3.52. The molecule has 0 bridgehead atoms. The largest absolute Gasteiger partial charge is 0.353 e. The van der Waals surface area contributed by atoms with E-state index in [1.54, 1.807) is 0 Å². The minimum absolute atomic E-state index is 0.143. The Balaban J connectivity index is 2.08. The molecule has 0 amide bonds. The Morgan fingerprint density at radius 2 is 1.54 bits per heavy atom. The maximum absolute atomic E-state index is 14.8. The van der Waals surface area contributed by atoms with E-state index >= 15 is 0 Å². The molecule has 0 aliphatic heterocycles. The van der Waals surface area contributed by atoms with Crippen LogP contribution in [0.25, 0.3) is 0 Å². The van der Waals surface area contributed by atoms with Gasteiger partial charge in [0.1, 0.15) is 16.5 Å². The molecule has 0 aromatic heterocycles. The molecule has 8 heteroatoms. The molecule has 134 valence electrons. The SMILES string of the molecule is O=S(=O)(c1ccc(Cl)cc1)c1cc(F)cc(Nc2cccc(F)c2)c1F. The molecule has 0 aliphatic rings. The van der Waals surface area contributed by atoms with Crippen LogP contribution in [0.5, 0.6) is 0 Å². The Labute approximate surface area is 153 Å². The predicted molar refractivity (Wildman–Crippen MR) is 92.9 cm³/mol. The van der Waals surface area contributed by atoms with Gasteiger partial charge in [0.2, 0.25) is 9.84 Å². The molecular formula is C18H11ClF3NO2S. The monoisotopic (exact) mass is 397 g/mol. The zero-order valence-corrected chi connectivity index (χ0v) is 14.6. The van der Waals surface area contributed by atoms with Crippen molar-refractivity contribution in [1.82, 2.24) is 0 Å². The minimum Gasteiger partial charge on any atom is -0.353 e. The van der Waals surface area contributed by atoms with Gasteiger partial charge >= 0.3 is 0 Å². The lowest BCUT2D eigenvalue weighted by Gasteiger charge is -2.12. The zero-order valence-electron chi connectivity index (χ0n) is 13.0. The van der Waals surface area contributed by atoms with Crippen LogP contribution in [0.1, 0.15) is 0 Å². The summed E-state index contributed by atoms with van der Waals surface area (Å²) in [5, 5.41) is 2.79. The second kappa shape index (κ2) is 7.01. The average molecular weight is 398 g/mol. The standard InChI is InChI=1S/C18H11ClF3NO2S/c19-11-4-6-15(7-5-11)26(24,25)17-10-13(21)9-16(18(17)22)23-14-3-1-2-12(20)8-14/h1-10,23H. The third-order valence-corrected chi connectivity index (χ3v) is 5.54. The van der Waals surface area contributed by atoms with Crippen molar-refractivity contribution >= 4 is 32.8 Å². The Morgan fingerprint density at radius 1 is 0.846 bits per heavy atom. The van der Waals surface area contributed by atoms with Crippen LogP contribution in [0.3, 0.4) is 0 Å². The summed E-state index contributed by atoms with van der Waals surface area (Å²) < 4.78 is 67.2. The highest BCUT2D eigenvalue weighted by Crippen LogP contribution is 2.31. The first kappa shape index (κ1) is 18.3. The summed E-state index contributed by atoms with van der Waals surface area (Å²) in [5.74, 6) is -2.72. The van der Waals surface area contributed by atoms with Gasteiger partial charge in [-0.1, -0.05) is 17.7 Å². The molecular weight excluding hydrogens is 387 g/mol. The van der Waals surface area contributed by atoms with Gasteiger partial charge in [-0.2, -0.15) is 0 Å². The predicted octanol–water partition coefficient (Wildman–Crippen LogP) is 5.33. The normalized spacial score (nSPS) is 11.4. The molecule has 3 nitrogen and oxygen atoms in total. The number of nitrogens with one attached hydrogen (secondary N) is 1. The molecule has 0 saturated carbocycles. The fourth-order valence-corrected chi connectivity index (χ4v) is 3.80. The second-order valence-corrected chi connectivity index (χ2v) is 7.71. The van der Waals surface area contributed by atoms with E-state index in [0.29, 0.717) is 11.1 Å². The number of anilines is 2. The van der Waals surface area contributed by atoms with E-state index < -0.39 is 37.9 Å². The molecule has 1 N–H and O–H groups in total. The van der Waals surface area contributed by atoms with Gasteiger partial charge in [0.05, 0.1) is 10.6 Å². The molecule has 3 aromatic carbocycles. The van der Waals surface area contributed by atoms with E-state index in [-0.39, 0.29) is 10.6 Å². The fraction of sp³-hybridized carbons (Fsp3) is 0. The lowest BCUT2D eigenvalue weighted by molar-refractivity contribution is 0.556. The van der Waals surface area contributed by atoms with Crippen LogP contribution >= 0.6 is 11.6 Å². The third kappa shape index (κ3) is 3.68. The maximum Gasteiger partial charge on any atom is 0.209 e. The van der Waals surface area contributed by atoms with Crippen LogP contribution in [0.4, 0.5) is 24.5 Å². The minimum atomic E-state index is -4.32. The van der Waals surface area contributed by atoms with Crippen LogP contribution in [-0.2, 0) is 9.84 Å². The van der Waals surface area contributed by atoms with Gasteiger partial charge in [-0.15, -0.1) is 0 Å². The van der Waals surface area contributed by atoms with E-state index in [1.165, 1.54) is 42.5 Å². The van der Waals surface area contributed by atoms with Crippen molar-refractivity contribution in [2.24, 2.45) is 0 Å². The molecule has 0 heterocycles. The first-order valence-electron chi connectivity index (χ1n) is 7.29. The van der Waals surface area contributed by atoms with E-state index in [4.69, 9.17) is 11.6 Å². The summed E-state index contributed by atoms with van der Waals surface area (Å²) in [6, 6.07) is 11.5. The van der Waals surface area contributed by atoms with Gasteiger partial charge in [-0.05, 0) is 48.5 Å². The van der Waals surface area contributed by atoms with Gasteiger partial charge in [0, 0.05) is 16.8 Å². The van der Waals surface area contributed by atoms with Crippen molar-refractivity contribution in [2.75, 3.05) is 5.32 Å². The first-order chi connectivity index (χ1) is 12.3. The first-order valence-corrected chi connectivity index (χ1v) is 9.16. The number of hydrogen-bond acceptors (Lipinski definition) is 3. The van der Waals surface area contributed by atoms with E-state index in [0.717, 1.165) is 12.1 Å². The van der Waals surface area contributed by atoms with Crippen molar-refractivity contribution in [2.45, 2.75) is 9.79 Å². The van der Waals surface area contributed by atoms with E-state index in [9.17, 15) is 21.6 Å². The molecule has 0 atom stereocenters. The maximum atomic E-state index is 14.8. The highest BCUT2D eigenvalue weighted by Gasteiger charge is 2.25. The Hall–Kier alpha value is -2.51. The van der Waals surface area contributed by atoms with Gasteiger partial charge in [0.15, 0.2) is 5.82 Å². The average Bonchev–Trinajstić information content (AvgIpc) is 2.58. The van der Waals surface area contributed by atoms with Crippen molar-refractivity contribution in [3.05, 3.63) is 83.1 Å². The highest BCUT2D eigenvalue weighted by atomic mass is 35.5. The smallest absolute Gasteiger partial charge is 0.209 e. The summed E-state index contributed by atoms with van der Waals surface area (Å²) in [4.78, 5) is -1.07. The highest BCUT2D eigenvalue weighted by molar-refractivity contribution is 7.91. The van der Waals surface area contributed by atoms with Gasteiger partial charge < -0.3 is 5.32 Å². The van der Waals surface area contributed by atoms with E-state index in [2.05, 4.69) is 5.32 Å². The molecule has 0 unspecified atom stereocenters. The molecule has 0 fully saturated rings. The van der Waals surface area contributed by atoms with Gasteiger partial charge in [0.25, 0.3) is 0 Å². The topological polar surface area (TPSA) is 46.2 Å². The molecule has 3 aromatic rings. The zero-order chi connectivity index (χ0) is 18.9. The van der Waals surface area contributed by atoms with Crippen LogP contribution < -0.4 is 5.32 Å². The molecule has 0 aliphatic carbocycles. The molecule has 3 rings (SSSR count). The molecule has 0 saturated heterocycles. The Morgan fingerprint density at radius 3 is 2.19 bits per heavy atom. The summed E-state index contributed by atoms with van der Waals surface area (Å²) in [7, 11) is -4.32. The number of rotatable bonds is 4. The number of halogens is 4. The lowest BCUT2D eigenvalue weighted by atomic mass is 10.2. The lowest BCUT2D eigenvalue weighted by Crippen LogP contribution is -2.08. The van der Waals surface area contributed by atoms with Crippen LogP contribution in [0.15, 0.2) is 70.5 Å². The Kier molecular flexibility index (Phi) is 4.93.